The molecule has 0 unspecified atom stereocenters. The maximum Gasteiger partial charge on any atom is 0.338 e. The number of hydrogen-bond acceptors (Lipinski definition) is 1. The van der Waals surface area contributed by atoms with Gasteiger partial charge in [0.2, 0.25) is 0 Å². The summed E-state index contributed by atoms with van der Waals surface area (Å²) in [5, 5.41) is 7.38. The summed E-state index contributed by atoms with van der Waals surface area (Å²) in [6.45, 7) is 4.33. The van der Waals surface area contributed by atoms with Gasteiger partial charge in [-0.1, -0.05) is 126 Å². The molecule has 0 spiro atoms. The van der Waals surface area contributed by atoms with Crippen LogP contribution in [0.25, 0.3) is 77.0 Å². The van der Waals surface area contributed by atoms with E-state index in [0.717, 1.165) is 28.0 Å². The van der Waals surface area contributed by atoms with E-state index in [9.17, 15) is 4.79 Å². The zero-order chi connectivity index (χ0) is 32.4. The Labute approximate surface area is 278 Å². The van der Waals surface area contributed by atoms with Crippen LogP contribution in [-0.2, 0) is 0 Å². The highest BCUT2D eigenvalue weighted by atomic mass is 16.1. The van der Waals surface area contributed by atoms with Gasteiger partial charge in [0, 0.05) is 0 Å². The third kappa shape index (κ3) is 4.39. The number of aromatic nitrogens is 2. The van der Waals surface area contributed by atoms with Crippen molar-refractivity contribution in [2.45, 2.75) is 13.8 Å². The summed E-state index contributed by atoms with van der Waals surface area (Å²) in [5.41, 5.74) is 10.6. The Balaban J connectivity index is 1.27. The molecule has 0 atom stereocenters. The molecule has 0 saturated heterocycles. The van der Waals surface area contributed by atoms with E-state index < -0.39 is 0 Å². The predicted octanol–water partition coefficient (Wildman–Crippen LogP) is 11.2. The molecule has 0 aliphatic carbocycles. The summed E-state index contributed by atoms with van der Waals surface area (Å²) in [4.78, 5) is 14.0. The van der Waals surface area contributed by atoms with Crippen LogP contribution in [0.5, 0.6) is 0 Å². The lowest BCUT2D eigenvalue weighted by Gasteiger charge is -2.19. The van der Waals surface area contributed by atoms with Crippen LogP contribution in [0.4, 0.5) is 0 Å². The Bertz CT molecular complexity index is 2750. The number of aryl methyl sites for hydroxylation is 2. The van der Waals surface area contributed by atoms with E-state index in [1.165, 1.54) is 60.1 Å². The minimum atomic E-state index is -0.0862. The van der Waals surface area contributed by atoms with Gasteiger partial charge in [0.1, 0.15) is 0 Å². The van der Waals surface area contributed by atoms with E-state index in [2.05, 4.69) is 117 Å². The molecule has 9 rings (SSSR count). The minimum Gasteiger partial charge on any atom is -0.260 e. The van der Waals surface area contributed by atoms with Crippen molar-refractivity contribution < 1.29 is 0 Å². The standard InChI is InChI=1S/C45H32N2O/c1-29-17-25-38-39(26-29)43(37-24-16-30(2)27-40(37)44(38)34-19-18-31-10-6-7-11-33(31)28-34)32-20-22-36(23-21-32)47-42-15-9-8-14-41(42)46(45(47)48)35-12-4-3-5-13-35/h3-28H,1-2H3. The molecule has 228 valence electrons. The highest BCUT2D eigenvalue weighted by Crippen LogP contribution is 2.45. The fraction of sp³-hybridized carbons (Fsp3) is 0.0444. The smallest absolute Gasteiger partial charge is 0.260 e. The van der Waals surface area contributed by atoms with Crippen molar-refractivity contribution in [3.63, 3.8) is 0 Å². The molecule has 0 aliphatic heterocycles. The molecular weight excluding hydrogens is 585 g/mol. The molecule has 1 aromatic heterocycles. The van der Waals surface area contributed by atoms with E-state index in [1.54, 1.807) is 4.57 Å². The summed E-state index contributed by atoms with van der Waals surface area (Å²) in [6, 6.07) is 55.4. The average Bonchev–Trinajstić information content (AvgIpc) is 3.42. The van der Waals surface area contributed by atoms with Crippen LogP contribution in [0, 0.1) is 13.8 Å². The highest BCUT2D eigenvalue weighted by Gasteiger charge is 2.19. The highest BCUT2D eigenvalue weighted by molar-refractivity contribution is 6.22. The number of rotatable bonds is 4. The van der Waals surface area contributed by atoms with Gasteiger partial charge < -0.3 is 0 Å². The third-order valence-electron chi connectivity index (χ3n) is 9.64. The molecule has 8 aromatic carbocycles. The first kappa shape index (κ1) is 28.1. The average molecular weight is 617 g/mol. The van der Waals surface area contributed by atoms with Crippen molar-refractivity contribution in [1.82, 2.24) is 9.13 Å². The molecule has 0 N–H and O–H groups in total. The van der Waals surface area contributed by atoms with Crippen LogP contribution in [0.3, 0.4) is 0 Å². The van der Waals surface area contributed by atoms with Crippen molar-refractivity contribution in [3.05, 3.63) is 179 Å². The first-order chi connectivity index (χ1) is 23.5. The zero-order valence-electron chi connectivity index (χ0n) is 26.8. The quantitative estimate of drug-likeness (QED) is 0.181. The van der Waals surface area contributed by atoms with Crippen molar-refractivity contribution in [2.24, 2.45) is 0 Å². The topological polar surface area (TPSA) is 26.9 Å². The van der Waals surface area contributed by atoms with Crippen molar-refractivity contribution in [2.75, 3.05) is 0 Å². The Morgan fingerprint density at radius 1 is 0.396 bits per heavy atom. The van der Waals surface area contributed by atoms with Crippen molar-refractivity contribution >= 4 is 43.4 Å². The maximum absolute atomic E-state index is 14.0. The normalized spacial score (nSPS) is 11.6. The van der Waals surface area contributed by atoms with Crippen LogP contribution in [0.15, 0.2) is 163 Å². The van der Waals surface area contributed by atoms with E-state index in [0.29, 0.717) is 0 Å². The van der Waals surface area contributed by atoms with E-state index in [1.807, 2.05) is 59.2 Å². The number of hydrogen-bond donors (Lipinski definition) is 0. The minimum absolute atomic E-state index is 0.0862. The molecular formula is C45H32N2O. The largest absolute Gasteiger partial charge is 0.338 e. The van der Waals surface area contributed by atoms with E-state index in [4.69, 9.17) is 0 Å². The van der Waals surface area contributed by atoms with E-state index >= 15 is 0 Å². The van der Waals surface area contributed by atoms with Crippen LogP contribution < -0.4 is 5.69 Å². The maximum atomic E-state index is 14.0. The van der Waals surface area contributed by atoms with Gasteiger partial charge in [-0.2, -0.15) is 0 Å². The second kappa shape index (κ2) is 11.0. The second-order valence-corrected chi connectivity index (χ2v) is 12.7. The molecule has 0 aliphatic rings. The zero-order valence-corrected chi connectivity index (χ0v) is 26.8. The van der Waals surface area contributed by atoms with Crippen LogP contribution in [0.2, 0.25) is 0 Å². The third-order valence-corrected chi connectivity index (χ3v) is 9.64. The fourth-order valence-corrected chi connectivity index (χ4v) is 7.42. The molecule has 0 fully saturated rings. The van der Waals surface area contributed by atoms with Gasteiger partial charge in [-0.15, -0.1) is 0 Å². The molecule has 1 heterocycles. The van der Waals surface area contributed by atoms with Crippen LogP contribution >= 0.6 is 0 Å². The lowest BCUT2D eigenvalue weighted by Crippen LogP contribution is -2.22. The van der Waals surface area contributed by atoms with Gasteiger partial charge in [0.25, 0.3) is 0 Å². The monoisotopic (exact) mass is 616 g/mol. The second-order valence-electron chi connectivity index (χ2n) is 12.7. The molecule has 0 saturated carbocycles. The Hall–Kier alpha value is -6.19. The lowest BCUT2D eigenvalue weighted by molar-refractivity contribution is 0.931. The molecule has 9 aromatic rings. The molecule has 3 heteroatoms. The molecule has 3 nitrogen and oxygen atoms in total. The summed E-state index contributed by atoms with van der Waals surface area (Å²) >= 11 is 0. The summed E-state index contributed by atoms with van der Waals surface area (Å²) < 4.78 is 3.61. The van der Waals surface area contributed by atoms with Crippen LogP contribution in [0.1, 0.15) is 11.1 Å². The molecule has 0 amide bonds. The summed E-state index contributed by atoms with van der Waals surface area (Å²) in [6.07, 6.45) is 0. The Kier molecular flexibility index (Phi) is 6.41. The Morgan fingerprint density at radius 3 is 1.52 bits per heavy atom. The van der Waals surface area contributed by atoms with Gasteiger partial charge in [-0.05, 0) is 111 Å². The number of nitrogens with zero attached hydrogens (tertiary/aromatic N) is 2. The number of fused-ring (bicyclic) bond motifs is 4. The fourth-order valence-electron chi connectivity index (χ4n) is 7.42. The first-order valence-electron chi connectivity index (χ1n) is 16.4. The molecule has 48 heavy (non-hydrogen) atoms. The SMILES string of the molecule is Cc1ccc2c(-c3ccc4ccccc4c3)c3cc(C)ccc3c(-c3ccc(-n4c(=O)n(-c5ccccc5)c5ccccc54)cc3)c2c1. The number of benzene rings is 8. The van der Waals surface area contributed by atoms with Gasteiger partial charge in [-0.25, -0.2) is 4.79 Å². The lowest BCUT2D eigenvalue weighted by atomic mass is 9.84. The van der Waals surface area contributed by atoms with E-state index in [-0.39, 0.29) is 5.69 Å². The van der Waals surface area contributed by atoms with Crippen LogP contribution in [-0.4, -0.2) is 9.13 Å². The predicted molar refractivity (Wildman–Crippen MR) is 202 cm³/mol. The Morgan fingerprint density at radius 2 is 0.896 bits per heavy atom. The van der Waals surface area contributed by atoms with Gasteiger partial charge in [0.05, 0.1) is 22.4 Å². The molecule has 0 bridgehead atoms. The van der Waals surface area contributed by atoms with Crippen molar-refractivity contribution in [3.8, 4) is 33.6 Å². The first-order valence-corrected chi connectivity index (χ1v) is 16.4. The number of para-hydroxylation sites is 3. The summed E-state index contributed by atoms with van der Waals surface area (Å²) in [7, 11) is 0. The van der Waals surface area contributed by atoms with Gasteiger partial charge in [-0.3, -0.25) is 9.13 Å². The van der Waals surface area contributed by atoms with Crippen molar-refractivity contribution in [1.29, 1.82) is 0 Å². The molecule has 0 radical (unpaired) electrons. The van der Waals surface area contributed by atoms with Gasteiger partial charge >= 0.3 is 5.69 Å². The summed E-state index contributed by atoms with van der Waals surface area (Å²) in [5.74, 6) is 0. The van der Waals surface area contributed by atoms with Gasteiger partial charge in [0.15, 0.2) is 0 Å². The number of imidazole rings is 1.